The van der Waals surface area contributed by atoms with Crippen LogP contribution in [0.5, 0.6) is 11.5 Å². The molecule has 2 aromatic carbocycles. The smallest absolute Gasteiger partial charge is 0.341 e. The van der Waals surface area contributed by atoms with Crippen LogP contribution in [-0.4, -0.2) is 37.9 Å². The molecular formula is C26H24N2O6S. The Bertz CT molecular complexity index is 1280. The number of amidine groups is 1. The number of thioether (sulfide) groups is 1. The number of furan rings is 1. The van der Waals surface area contributed by atoms with Crippen molar-refractivity contribution < 1.29 is 28.2 Å². The summed E-state index contributed by atoms with van der Waals surface area (Å²) in [6.07, 6.45) is 3.16. The summed E-state index contributed by atoms with van der Waals surface area (Å²) in [5.74, 6) is 1.33. The molecule has 0 spiro atoms. The summed E-state index contributed by atoms with van der Waals surface area (Å²) in [5.41, 5.74) is 2.06. The van der Waals surface area contributed by atoms with E-state index in [0.29, 0.717) is 27.9 Å². The second-order valence-electron chi connectivity index (χ2n) is 7.31. The van der Waals surface area contributed by atoms with Crippen LogP contribution in [0.1, 0.15) is 28.6 Å². The fraction of sp³-hybridized carbons (Fsp3) is 0.192. The number of esters is 1. The summed E-state index contributed by atoms with van der Waals surface area (Å²) < 4.78 is 21.1. The first-order chi connectivity index (χ1) is 17.0. The van der Waals surface area contributed by atoms with Crippen molar-refractivity contribution in [2.24, 2.45) is 4.99 Å². The van der Waals surface area contributed by atoms with Gasteiger partial charge in [-0.3, -0.25) is 9.69 Å². The van der Waals surface area contributed by atoms with Crippen LogP contribution in [0.2, 0.25) is 0 Å². The number of carbonyl (C=O) groups excluding carboxylic acids is 2. The second kappa shape index (κ2) is 11.0. The minimum absolute atomic E-state index is 0.265. The number of anilines is 1. The van der Waals surface area contributed by atoms with Crippen molar-refractivity contribution in [3.05, 3.63) is 83.4 Å². The van der Waals surface area contributed by atoms with Gasteiger partial charge in [-0.1, -0.05) is 30.0 Å². The average Bonchev–Trinajstić information content (AvgIpc) is 3.47. The van der Waals surface area contributed by atoms with Crippen LogP contribution in [0, 0.1) is 0 Å². The molecule has 180 valence electrons. The Morgan fingerprint density at radius 2 is 1.86 bits per heavy atom. The molecule has 1 aliphatic heterocycles. The molecule has 9 heteroatoms. The number of nitrogens with zero attached hydrogens (tertiary/aromatic N) is 2. The zero-order chi connectivity index (χ0) is 24.8. The number of hydrogen-bond donors (Lipinski definition) is 0. The highest BCUT2D eigenvalue weighted by atomic mass is 32.2. The predicted molar refractivity (Wildman–Crippen MR) is 135 cm³/mol. The Hall–Kier alpha value is -3.98. The van der Waals surface area contributed by atoms with Crippen LogP contribution in [0.25, 0.3) is 6.08 Å². The molecule has 0 aliphatic carbocycles. The third kappa shape index (κ3) is 5.41. The van der Waals surface area contributed by atoms with Gasteiger partial charge in [0.2, 0.25) is 0 Å². The van der Waals surface area contributed by atoms with Gasteiger partial charge in [-0.2, -0.15) is 0 Å². The molecule has 1 aromatic heterocycles. The summed E-state index contributed by atoms with van der Waals surface area (Å²) in [7, 11) is 3.16. The van der Waals surface area contributed by atoms with Crippen molar-refractivity contribution in [3.8, 4) is 11.5 Å². The van der Waals surface area contributed by atoms with Gasteiger partial charge in [-0.25, -0.2) is 9.79 Å². The van der Waals surface area contributed by atoms with Crippen molar-refractivity contribution in [1.29, 1.82) is 0 Å². The maximum Gasteiger partial charge on any atom is 0.341 e. The van der Waals surface area contributed by atoms with Gasteiger partial charge in [0.25, 0.3) is 5.91 Å². The standard InChI is InChI=1S/C26H24N2O6S/c1-4-33-25(30)21-12-13-34-23(21)16-35-26-27-22(14-17-8-10-19(31-2)11-9-17)24(29)28(26)18-6-5-7-20(15-18)32-3/h5-15H,4,16H2,1-3H3/b22-14-. The molecule has 35 heavy (non-hydrogen) atoms. The van der Waals surface area contributed by atoms with Crippen LogP contribution in [0.15, 0.2) is 76.0 Å². The highest BCUT2D eigenvalue weighted by Gasteiger charge is 2.33. The molecule has 0 radical (unpaired) electrons. The van der Waals surface area contributed by atoms with E-state index in [1.807, 2.05) is 30.3 Å². The minimum atomic E-state index is -0.453. The zero-order valence-electron chi connectivity index (χ0n) is 19.5. The lowest BCUT2D eigenvalue weighted by Crippen LogP contribution is -2.30. The van der Waals surface area contributed by atoms with Crippen molar-refractivity contribution in [1.82, 2.24) is 0 Å². The molecule has 0 fully saturated rings. The van der Waals surface area contributed by atoms with Gasteiger partial charge in [0.15, 0.2) is 5.17 Å². The van der Waals surface area contributed by atoms with E-state index in [1.54, 1.807) is 51.5 Å². The maximum atomic E-state index is 13.4. The van der Waals surface area contributed by atoms with E-state index in [0.717, 1.165) is 11.3 Å². The van der Waals surface area contributed by atoms with Crippen molar-refractivity contribution in [2.75, 3.05) is 25.7 Å². The topological polar surface area (TPSA) is 90.6 Å². The summed E-state index contributed by atoms with van der Waals surface area (Å²) in [6, 6.07) is 16.1. The van der Waals surface area contributed by atoms with Gasteiger partial charge in [0, 0.05) is 6.07 Å². The first kappa shape index (κ1) is 24.2. The summed E-state index contributed by atoms with van der Waals surface area (Å²) in [6.45, 7) is 2.01. The lowest BCUT2D eigenvalue weighted by Gasteiger charge is -2.18. The Morgan fingerprint density at radius 3 is 2.57 bits per heavy atom. The fourth-order valence-corrected chi connectivity index (χ4v) is 4.37. The molecule has 0 bridgehead atoms. The molecule has 8 nitrogen and oxygen atoms in total. The number of methoxy groups -OCH3 is 2. The third-order valence-corrected chi connectivity index (χ3v) is 6.07. The molecular weight excluding hydrogens is 468 g/mol. The number of ether oxygens (including phenoxy) is 3. The molecule has 1 aliphatic rings. The first-order valence-corrected chi connectivity index (χ1v) is 11.8. The van der Waals surface area contributed by atoms with Gasteiger partial charge < -0.3 is 18.6 Å². The molecule has 2 heterocycles. The van der Waals surface area contributed by atoms with Gasteiger partial charge in [-0.15, -0.1) is 0 Å². The molecule has 0 atom stereocenters. The van der Waals surface area contributed by atoms with Crippen molar-refractivity contribution in [3.63, 3.8) is 0 Å². The monoisotopic (exact) mass is 492 g/mol. The fourth-order valence-electron chi connectivity index (χ4n) is 3.40. The molecule has 1 amide bonds. The van der Waals surface area contributed by atoms with E-state index in [-0.39, 0.29) is 24.0 Å². The van der Waals surface area contributed by atoms with Crippen molar-refractivity contribution in [2.45, 2.75) is 12.7 Å². The maximum absolute atomic E-state index is 13.4. The van der Waals surface area contributed by atoms with Crippen LogP contribution >= 0.6 is 11.8 Å². The number of rotatable bonds is 8. The Labute approximate surface area is 207 Å². The van der Waals surface area contributed by atoms with E-state index in [1.165, 1.54) is 22.9 Å². The highest BCUT2D eigenvalue weighted by Crippen LogP contribution is 2.33. The Morgan fingerprint density at radius 1 is 1.09 bits per heavy atom. The Balaban J connectivity index is 1.65. The molecule has 0 N–H and O–H groups in total. The largest absolute Gasteiger partial charge is 0.497 e. The van der Waals surface area contributed by atoms with E-state index < -0.39 is 5.97 Å². The van der Waals surface area contributed by atoms with E-state index in [9.17, 15) is 9.59 Å². The average molecular weight is 493 g/mol. The normalized spacial score (nSPS) is 14.3. The van der Waals surface area contributed by atoms with Crippen LogP contribution < -0.4 is 14.4 Å². The summed E-state index contributed by atoms with van der Waals surface area (Å²) >= 11 is 1.28. The van der Waals surface area contributed by atoms with Gasteiger partial charge in [-0.05, 0) is 48.9 Å². The van der Waals surface area contributed by atoms with Gasteiger partial charge in [0.05, 0.1) is 38.5 Å². The van der Waals surface area contributed by atoms with Crippen molar-refractivity contribution >= 4 is 40.6 Å². The van der Waals surface area contributed by atoms with Gasteiger partial charge in [0.1, 0.15) is 28.5 Å². The first-order valence-electron chi connectivity index (χ1n) is 10.8. The van der Waals surface area contributed by atoms with Crippen LogP contribution in [0.4, 0.5) is 5.69 Å². The number of aliphatic imine (C=N–C) groups is 1. The van der Waals surface area contributed by atoms with Crippen LogP contribution in [0.3, 0.4) is 0 Å². The zero-order valence-corrected chi connectivity index (χ0v) is 20.3. The molecule has 4 rings (SSSR count). The predicted octanol–water partition coefficient (Wildman–Crippen LogP) is 5.15. The Kier molecular flexibility index (Phi) is 7.57. The van der Waals surface area contributed by atoms with Crippen LogP contribution in [-0.2, 0) is 15.3 Å². The quantitative estimate of drug-likeness (QED) is 0.317. The molecule has 3 aromatic rings. The lowest BCUT2D eigenvalue weighted by atomic mass is 10.2. The molecule has 0 unspecified atom stereocenters. The highest BCUT2D eigenvalue weighted by molar-refractivity contribution is 8.13. The summed E-state index contributed by atoms with van der Waals surface area (Å²) in [5, 5.41) is 0.453. The second-order valence-corrected chi connectivity index (χ2v) is 8.25. The number of hydrogen-bond acceptors (Lipinski definition) is 8. The number of benzene rings is 2. The molecule has 0 saturated heterocycles. The van der Waals surface area contributed by atoms with E-state index in [2.05, 4.69) is 4.99 Å². The molecule has 0 saturated carbocycles. The SMILES string of the molecule is CCOC(=O)c1ccoc1CSC1=N/C(=C\c2ccc(OC)cc2)C(=O)N1c1cccc(OC)c1. The number of carbonyl (C=O) groups is 2. The minimum Gasteiger partial charge on any atom is -0.497 e. The summed E-state index contributed by atoms with van der Waals surface area (Å²) in [4.78, 5) is 31.8. The van der Waals surface area contributed by atoms with Gasteiger partial charge >= 0.3 is 5.97 Å². The number of amides is 1. The van der Waals surface area contributed by atoms with E-state index >= 15 is 0 Å². The third-order valence-electron chi connectivity index (χ3n) is 5.13. The lowest BCUT2D eigenvalue weighted by molar-refractivity contribution is -0.113. The van der Waals surface area contributed by atoms with E-state index in [4.69, 9.17) is 18.6 Å².